The molecule has 0 bridgehead atoms. The van der Waals surface area contributed by atoms with Crippen LogP contribution < -0.4 is 0 Å². The molecule has 0 amide bonds. The third-order valence-electron chi connectivity index (χ3n) is 4.01. The minimum Gasteiger partial charge on any atom is -0.302 e. The third kappa shape index (κ3) is 6.89. The molecule has 0 heterocycles. The summed E-state index contributed by atoms with van der Waals surface area (Å²) >= 11 is 0. The zero-order valence-corrected chi connectivity index (χ0v) is 14.1. The van der Waals surface area contributed by atoms with Crippen molar-refractivity contribution in [1.82, 2.24) is 0 Å². The van der Waals surface area contributed by atoms with Crippen LogP contribution in [0.3, 0.4) is 0 Å². The van der Waals surface area contributed by atoms with Gasteiger partial charge in [-0.15, -0.1) is 0 Å². The first-order valence-electron chi connectivity index (χ1n) is 8.62. The number of allylic oxidation sites excluding steroid dienone is 3. The molecule has 1 atom stereocenters. The summed E-state index contributed by atoms with van der Waals surface area (Å²) in [6, 6.07) is 10.3. The summed E-state index contributed by atoms with van der Waals surface area (Å²) in [5.74, 6) is 0. The lowest BCUT2D eigenvalue weighted by Crippen LogP contribution is -2.19. The lowest BCUT2D eigenvalue weighted by molar-refractivity contribution is -0.114. The Morgan fingerprint density at radius 2 is 1.73 bits per heavy atom. The van der Waals surface area contributed by atoms with E-state index < -0.39 is 0 Å². The number of hydrogen-bond donors (Lipinski definition) is 0. The highest BCUT2D eigenvalue weighted by Gasteiger charge is 2.24. The highest BCUT2D eigenvalue weighted by molar-refractivity contribution is 5.64. The molecule has 1 heteroatoms. The van der Waals surface area contributed by atoms with Crippen LogP contribution >= 0.6 is 0 Å². The van der Waals surface area contributed by atoms with Crippen LogP contribution in [0.25, 0.3) is 6.08 Å². The molecular weight excluding hydrogens is 268 g/mol. The molecule has 0 aliphatic rings. The fraction of sp³-hybridized carbons (Fsp3) is 0.476. The average Bonchev–Trinajstić information content (AvgIpc) is 2.57. The van der Waals surface area contributed by atoms with Gasteiger partial charge in [-0.25, -0.2) is 0 Å². The van der Waals surface area contributed by atoms with E-state index in [9.17, 15) is 4.79 Å². The SMILES string of the molecule is CCCC/C=C/C(C=O)(C/C=C/c1ccccc1)CCCC. The molecule has 0 aliphatic heterocycles. The van der Waals surface area contributed by atoms with Crippen molar-refractivity contribution in [3.8, 4) is 0 Å². The molecule has 0 fully saturated rings. The molecule has 1 unspecified atom stereocenters. The van der Waals surface area contributed by atoms with Crippen molar-refractivity contribution in [3.05, 3.63) is 54.1 Å². The van der Waals surface area contributed by atoms with E-state index in [2.05, 4.69) is 50.3 Å². The minimum absolute atomic E-state index is 0.324. The Labute approximate surface area is 136 Å². The Hall–Kier alpha value is -1.63. The Morgan fingerprint density at radius 1 is 1.00 bits per heavy atom. The first-order chi connectivity index (χ1) is 10.8. The van der Waals surface area contributed by atoms with Crippen LogP contribution in [0, 0.1) is 5.41 Å². The lowest BCUT2D eigenvalue weighted by atomic mass is 9.80. The van der Waals surface area contributed by atoms with Crippen molar-refractivity contribution < 1.29 is 4.79 Å². The van der Waals surface area contributed by atoms with Crippen molar-refractivity contribution >= 4 is 12.4 Å². The van der Waals surface area contributed by atoms with E-state index in [0.29, 0.717) is 0 Å². The summed E-state index contributed by atoms with van der Waals surface area (Å²) in [5, 5.41) is 0. The van der Waals surface area contributed by atoms with Crippen LogP contribution in [0.15, 0.2) is 48.6 Å². The number of rotatable bonds is 11. The van der Waals surface area contributed by atoms with Crippen LogP contribution in [0.5, 0.6) is 0 Å². The van der Waals surface area contributed by atoms with E-state index in [1.165, 1.54) is 18.4 Å². The fourth-order valence-corrected chi connectivity index (χ4v) is 2.52. The second-order valence-electron chi connectivity index (χ2n) is 6.02. The zero-order valence-electron chi connectivity index (χ0n) is 14.1. The normalized spacial score (nSPS) is 14.5. The summed E-state index contributed by atoms with van der Waals surface area (Å²) in [5.41, 5.74) is 0.863. The van der Waals surface area contributed by atoms with Gasteiger partial charge in [0.05, 0.1) is 0 Å². The number of aldehydes is 1. The second-order valence-corrected chi connectivity index (χ2v) is 6.02. The Balaban J connectivity index is 2.73. The van der Waals surface area contributed by atoms with Crippen molar-refractivity contribution in [1.29, 1.82) is 0 Å². The quantitative estimate of drug-likeness (QED) is 0.269. The fourth-order valence-electron chi connectivity index (χ4n) is 2.52. The summed E-state index contributed by atoms with van der Waals surface area (Å²) < 4.78 is 0. The average molecular weight is 298 g/mol. The number of hydrogen-bond acceptors (Lipinski definition) is 1. The van der Waals surface area contributed by atoms with Crippen molar-refractivity contribution in [2.75, 3.05) is 0 Å². The van der Waals surface area contributed by atoms with Crippen molar-refractivity contribution in [2.24, 2.45) is 5.41 Å². The Bertz CT molecular complexity index is 458. The van der Waals surface area contributed by atoms with E-state index in [0.717, 1.165) is 38.4 Å². The molecule has 120 valence electrons. The predicted molar refractivity (Wildman–Crippen MR) is 96.8 cm³/mol. The van der Waals surface area contributed by atoms with Crippen LogP contribution in [0.1, 0.15) is 64.4 Å². The second kappa shape index (κ2) is 11.0. The van der Waals surface area contributed by atoms with Gasteiger partial charge >= 0.3 is 0 Å². The number of carbonyl (C=O) groups is 1. The van der Waals surface area contributed by atoms with Gasteiger partial charge in [-0.2, -0.15) is 0 Å². The highest BCUT2D eigenvalue weighted by Crippen LogP contribution is 2.30. The lowest BCUT2D eigenvalue weighted by Gasteiger charge is -2.22. The van der Waals surface area contributed by atoms with Gasteiger partial charge in [0.15, 0.2) is 0 Å². The largest absolute Gasteiger partial charge is 0.302 e. The summed E-state index contributed by atoms with van der Waals surface area (Å²) in [4.78, 5) is 11.8. The minimum atomic E-state index is -0.324. The molecule has 0 aliphatic carbocycles. The van der Waals surface area contributed by atoms with Crippen LogP contribution in [-0.2, 0) is 4.79 Å². The highest BCUT2D eigenvalue weighted by atomic mass is 16.1. The van der Waals surface area contributed by atoms with Crippen LogP contribution in [-0.4, -0.2) is 6.29 Å². The maximum Gasteiger partial charge on any atom is 0.130 e. The summed E-state index contributed by atoms with van der Waals surface area (Å²) in [6.45, 7) is 4.37. The van der Waals surface area contributed by atoms with Gasteiger partial charge in [0, 0.05) is 5.41 Å². The van der Waals surface area contributed by atoms with E-state index in [1.54, 1.807) is 0 Å². The van der Waals surface area contributed by atoms with Gasteiger partial charge in [-0.3, -0.25) is 0 Å². The predicted octanol–water partition coefficient (Wildman–Crippen LogP) is 6.21. The first-order valence-corrected chi connectivity index (χ1v) is 8.62. The molecule has 22 heavy (non-hydrogen) atoms. The van der Waals surface area contributed by atoms with Crippen LogP contribution in [0.2, 0.25) is 0 Å². The van der Waals surface area contributed by atoms with Gasteiger partial charge in [0.2, 0.25) is 0 Å². The monoisotopic (exact) mass is 298 g/mol. The molecule has 0 saturated heterocycles. The number of carbonyl (C=O) groups excluding carboxylic acids is 1. The maximum atomic E-state index is 11.8. The molecule has 1 nitrogen and oxygen atoms in total. The first kappa shape index (κ1) is 18.4. The standard InChI is InChI=1S/C21H30O/c1-3-5-7-11-17-21(19-22,16-6-4-2)18-12-15-20-13-9-8-10-14-20/h8-15,17,19H,3-7,16,18H2,1-2H3/b15-12+,17-11+. The maximum absolute atomic E-state index is 11.8. The molecule has 0 radical (unpaired) electrons. The molecule has 1 rings (SSSR count). The van der Waals surface area contributed by atoms with Gasteiger partial charge < -0.3 is 4.79 Å². The Morgan fingerprint density at radius 3 is 2.36 bits per heavy atom. The molecule has 0 aromatic heterocycles. The third-order valence-corrected chi connectivity index (χ3v) is 4.01. The molecule has 1 aromatic rings. The Kier molecular flexibility index (Phi) is 9.21. The van der Waals surface area contributed by atoms with Crippen molar-refractivity contribution in [2.45, 2.75) is 58.8 Å². The topological polar surface area (TPSA) is 17.1 Å². The number of unbranched alkanes of at least 4 members (excludes halogenated alkanes) is 3. The summed E-state index contributed by atoms with van der Waals surface area (Å²) in [7, 11) is 0. The van der Waals surface area contributed by atoms with Gasteiger partial charge in [0.1, 0.15) is 6.29 Å². The molecule has 1 aromatic carbocycles. The molecule has 0 saturated carbocycles. The van der Waals surface area contributed by atoms with E-state index in [-0.39, 0.29) is 5.41 Å². The molecule has 0 N–H and O–H groups in total. The van der Waals surface area contributed by atoms with E-state index >= 15 is 0 Å². The molecule has 0 spiro atoms. The zero-order chi connectivity index (χ0) is 16.1. The van der Waals surface area contributed by atoms with Crippen LogP contribution in [0.4, 0.5) is 0 Å². The smallest absolute Gasteiger partial charge is 0.130 e. The molecular formula is C21H30O. The number of benzene rings is 1. The van der Waals surface area contributed by atoms with E-state index in [4.69, 9.17) is 0 Å². The van der Waals surface area contributed by atoms with E-state index in [1.807, 2.05) is 18.2 Å². The van der Waals surface area contributed by atoms with Gasteiger partial charge in [-0.05, 0) is 24.8 Å². The van der Waals surface area contributed by atoms with Crippen molar-refractivity contribution in [3.63, 3.8) is 0 Å². The summed E-state index contributed by atoms with van der Waals surface area (Å²) in [6.07, 6.45) is 17.2. The van der Waals surface area contributed by atoms with Gasteiger partial charge in [0.25, 0.3) is 0 Å². The van der Waals surface area contributed by atoms with Gasteiger partial charge in [-0.1, -0.05) is 94.2 Å².